The van der Waals surface area contributed by atoms with Gasteiger partial charge in [-0.3, -0.25) is 0 Å². The predicted molar refractivity (Wildman–Crippen MR) is 63.8 cm³/mol. The van der Waals surface area contributed by atoms with Crippen molar-refractivity contribution in [2.75, 3.05) is 0 Å². The SMILES string of the molecule is Cc1ccc([N]c2ccc(C)cc2)cc1. The molecule has 1 nitrogen and oxygen atoms in total. The van der Waals surface area contributed by atoms with Crippen LogP contribution in [0, 0.1) is 13.8 Å². The summed E-state index contributed by atoms with van der Waals surface area (Å²) >= 11 is 0. The van der Waals surface area contributed by atoms with Crippen molar-refractivity contribution in [3.63, 3.8) is 0 Å². The van der Waals surface area contributed by atoms with E-state index in [1.807, 2.05) is 24.3 Å². The summed E-state index contributed by atoms with van der Waals surface area (Å²) in [7, 11) is 0. The molecule has 0 saturated carbocycles. The van der Waals surface area contributed by atoms with Gasteiger partial charge in [0.05, 0.1) is 11.4 Å². The van der Waals surface area contributed by atoms with E-state index in [9.17, 15) is 0 Å². The number of nitrogens with zero attached hydrogens (tertiary/aromatic N) is 1. The maximum atomic E-state index is 4.52. The van der Waals surface area contributed by atoms with Gasteiger partial charge in [-0.05, 0) is 38.1 Å². The summed E-state index contributed by atoms with van der Waals surface area (Å²) < 4.78 is 0. The third-order valence-electron chi connectivity index (χ3n) is 2.33. The molecule has 0 atom stereocenters. The van der Waals surface area contributed by atoms with Gasteiger partial charge in [0.15, 0.2) is 0 Å². The van der Waals surface area contributed by atoms with Crippen LogP contribution in [0.15, 0.2) is 48.5 Å². The summed E-state index contributed by atoms with van der Waals surface area (Å²) in [4.78, 5) is 0. The Kier molecular flexibility index (Phi) is 2.72. The molecule has 0 unspecified atom stereocenters. The molecule has 0 heterocycles. The summed E-state index contributed by atoms with van der Waals surface area (Å²) in [5.74, 6) is 0. The van der Waals surface area contributed by atoms with Crippen LogP contribution in [0.2, 0.25) is 0 Å². The minimum absolute atomic E-state index is 1.00. The molecule has 0 aliphatic carbocycles. The van der Waals surface area contributed by atoms with Crippen molar-refractivity contribution in [1.82, 2.24) is 5.32 Å². The zero-order valence-electron chi connectivity index (χ0n) is 9.07. The lowest BCUT2D eigenvalue weighted by Crippen LogP contribution is -1.88. The molecule has 2 rings (SSSR count). The summed E-state index contributed by atoms with van der Waals surface area (Å²) in [5.41, 5.74) is 4.53. The second-order valence-electron chi connectivity index (χ2n) is 3.78. The molecule has 2 aromatic carbocycles. The van der Waals surface area contributed by atoms with Crippen molar-refractivity contribution in [3.8, 4) is 0 Å². The predicted octanol–water partition coefficient (Wildman–Crippen LogP) is 3.87. The Bertz CT molecular complexity index is 382. The van der Waals surface area contributed by atoms with E-state index >= 15 is 0 Å². The number of benzene rings is 2. The quantitative estimate of drug-likeness (QED) is 0.692. The van der Waals surface area contributed by atoms with Gasteiger partial charge in [0.1, 0.15) is 0 Å². The van der Waals surface area contributed by atoms with Gasteiger partial charge in [0, 0.05) is 0 Å². The van der Waals surface area contributed by atoms with Crippen molar-refractivity contribution in [2.24, 2.45) is 0 Å². The Morgan fingerprint density at radius 2 is 0.933 bits per heavy atom. The van der Waals surface area contributed by atoms with Crippen LogP contribution in [0.5, 0.6) is 0 Å². The first-order chi connectivity index (χ1) is 7.24. The Morgan fingerprint density at radius 1 is 0.600 bits per heavy atom. The largest absolute Gasteiger partial charge is 0.249 e. The van der Waals surface area contributed by atoms with Gasteiger partial charge in [-0.25, -0.2) is 5.32 Å². The van der Waals surface area contributed by atoms with Crippen molar-refractivity contribution in [3.05, 3.63) is 59.7 Å². The minimum Gasteiger partial charge on any atom is -0.249 e. The van der Waals surface area contributed by atoms with E-state index in [0.717, 1.165) is 11.4 Å². The fourth-order valence-corrected chi connectivity index (χ4v) is 1.39. The Hall–Kier alpha value is -1.76. The van der Waals surface area contributed by atoms with Crippen LogP contribution in [0.3, 0.4) is 0 Å². The highest BCUT2D eigenvalue weighted by atomic mass is 14.9. The monoisotopic (exact) mass is 196 g/mol. The van der Waals surface area contributed by atoms with E-state index in [1.165, 1.54) is 11.1 Å². The lowest BCUT2D eigenvalue weighted by Gasteiger charge is -2.03. The van der Waals surface area contributed by atoms with Crippen molar-refractivity contribution in [1.29, 1.82) is 0 Å². The van der Waals surface area contributed by atoms with Gasteiger partial charge in [-0.1, -0.05) is 35.4 Å². The molecule has 75 valence electrons. The second kappa shape index (κ2) is 4.18. The Balaban J connectivity index is 2.15. The summed E-state index contributed by atoms with van der Waals surface area (Å²) in [6.45, 7) is 4.16. The van der Waals surface area contributed by atoms with Crippen LogP contribution in [-0.4, -0.2) is 0 Å². The van der Waals surface area contributed by atoms with Crippen LogP contribution in [0.1, 0.15) is 11.1 Å². The molecule has 0 N–H and O–H groups in total. The molecule has 0 spiro atoms. The second-order valence-corrected chi connectivity index (χ2v) is 3.78. The molecule has 15 heavy (non-hydrogen) atoms. The maximum Gasteiger partial charge on any atom is 0.0637 e. The molecule has 0 aliphatic rings. The molecule has 2 aromatic rings. The fraction of sp³-hybridized carbons (Fsp3) is 0.143. The van der Waals surface area contributed by atoms with Gasteiger partial charge in [-0.2, -0.15) is 0 Å². The van der Waals surface area contributed by atoms with Gasteiger partial charge >= 0.3 is 0 Å². The normalized spacial score (nSPS) is 10.0. The fourth-order valence-electron chi connectivity index (χ4n) is 1.39. The number of aryl methyl sites for hydroxylation is 2. The third-order valence-corrected chi connectivity index (χ3v) is 2.33. The van der Waals surface area contributed by atoms with Gasteiger partial charge in [-0.15, -0.1) is 0 Å². The zero-order valence-corrected chi connectivity index (χ0v) is 9.07. The van der Waals surface area contributed by atoms with Crippen molar-refractivity contribution in [2.45, 2.75) is 13.8 Å². The highest BCUT2D eigenvalue weighted by Gasteiger charge is 1.95. The molecule has 1 radical (unpaired) electrons. The maximum absolute atomic E-state index is 4.52. The van der Waals surface area contributed by atoms with Crippen LogP contribution < -0.4 is 5.32 Å². The van der Waals surface area contributed by atoms with E-state index < -0.39 is 0 Å². The Labute approximate surface area is 90.8 Å². The first-order valence-corrected chi connectivity index (χ1v) is 5.09. The van der Waals surface area contributed by atoms with Gasteiger partial charge < -0.3 is 0 Å². The van der Waals surface area contributed by atoms with E-state index in [0.29, 0.717) is 0 Å². The average molecular weight is 196 g/mol. The van der Waals surface area contributed by atoms with Crippen LogP contribution in [0.25, 0.3) is 0 Å². The highest BCUT2D eigenvalue weighted by Crippen LogP contribution is 2.17. The molecule has 0 amide bonds. The molecule has 1 heteroatoms. The smallest absolute Gasteiger partial charge is 0.0637 e. The van der Waals surface area contributed by atoms with Crippen LogP contribution >= 0.6 is 0 Å². The van der Waals surface area contributed by atoms with Crippen LogP contribution in [0.4, 0.5) is 11.4 Å². The van der Waals surface area contributed by atoms with E-state index in [1.54, 1.807) is 0 Å². The van der Waals surface area contributed by atoms with E-state index in [-0.39, 0.29) is 0 Å². The van der Waals surface area contributed by atoms with E-state index in [2.05, 4.69) is 43.4 Å². The van der Waals surface area contributed by atoms with Crippen LogP contribution in [-0.2, 0) is 0 Å². The first-order valence-electron chi connectivity index (χ1n) is 5.09. The summed E-state index contributed by atoms with van der Waals surface area (Å²) in [5, 5.41) is 4.52. The van der Waals surface area contributed by atoms with E-state index in [4.69, 9.17) is 0 Å². The molecule has 0 bridgehead atoms. The molecule has 0 aromatic heterocycles. The van der Waals surface area contributed by atoms with Gasteiger partial charge in [0.2, 0.25) is 0 Å². The summed E-state index contributed by atoms with van der Waals surface area (Å²) in [6, 6.07) is 16.5. The Morgan fingerprint density at radius 3 is 1.27 bits per heavy atom. The highest BCUT2D eigenvalue weighted by molar-refractivity contribution is 5.49. The first kappa shape index (κ1) is 9.78. The number of rotatable bonds is 2. The molecule has 0 saturated heterocycles. The molecule has 0 aliphatic heterocycles. The standard InChI is InChI=1S/C14H14N/c1-11-3-7-13(8-4-11)15-14-9-5-12(2)6-10-14/h3-10H,1-2H3. The minimum atomic E-state index is 1.00. The zero-order chi connectivity index (χ0) is 10.7. The molecular formula is C14H14N. The average Bonchev–Trinajstić information content (AvgIpc) is 2.25. The van der Waals surface area contributed by atoms with Crippen molar-refractivity contribution < 1.29 is 0 Å². The van der Waals surface area contributed by atoms with Gasteiger partial charge in [0.25, 0.3) is 0 Å². The number of hydrogen-bond acceptors (Lipinski definition) is 0. The third kappa shape index (κ3) is 2.59. The molecular weight excluding hydrogens is 182 g/mol. The topological polar surface area (TPSA) is 14.1 Å². The summed E-state index contributed by atoms with van der Waals surface area (Å²) in [6.07, 6.45) is 0. The lowest BCUT2D eigenvalue weighted by atomic mass is 10.2. The molecule has 0 fully saturated rings. The lowest BCUT2D eigenvalue weighted by molar-refractivity contribution is 1.18. The van der Waals surface area contributed by atoms with Crippen molar-refractivity contribution >= 4 is 11.4 Å². The number of hydrogen-bond donors (Lipinski definition) is 0.